The van der Waals surface area contributed by atoms with Crippen molar-refractivity contribution in [1.82, 2.24) is 14.9 Å². The van der Waals surface area contributed by atoms with Gasteiger partial charge in [0.2, 0.25) is 5.28 Å². The van der Waals surface area contributed by atoms with Gasteiger partial charge in [-0.05, 0) is 63.1 Å². The van der Waals surface area contributed by atoms with Gasteiger partial charge in [-0.1, -0.05) is 0 Å². The minimum atomic E-state index is -4.52. The van der Waals surface area contributed by atoms with Crippen molar-refractivity contribution in [2.24, 2.45) is 0 Å². The number of amides is 1. The number of nitrogen functional groups attached to an aromatic ring is 1. The third kappa shape index (κ3) is 5.49. The average molecular weight is 458 g/mol. The Morgan fingerprint density at radius 1 is 1.23 bits per heavy atom. The normalized spacial score (nSPS) is 14.9. The molecule has 1 aromatic carbocycles. The molecule has 3 N–H and O–H groups in total. The van der Waals surface area contributed by atoms with Crippen LogP contribution >= 0.6 is 11.6 Å². The number of carbonyl (C=O) groups is 1. The van der Waals surface area contributed by atoms with Crippen molar-refractivity contribution in [3.8, 4) is 0 Å². The maximum Gasteiger partial charge on any atom is 0.416 e. The van der Waals surface area contributed by atoms with Crippen molar-refractivity contribution in [3.05, 3.63) is 45.9 Å². The van der Waals surface area contributed by atoms with Crippen molar-refractivity contribution in [3.63, 3.8) is 0 Å². The van der Waals surface area contributed by atoms with Gasteiger partial charge < -0.3 is 15.8 Å². The number of hydrogen-bond donors (Lipinski definition) is 2. The number of hydrogen-bond acceptors (Lipinski definition) is 6. The Morgan fingerprint density at radius 3 is 2.52 bits per heavy atom. The van der Waals surface area contributed by atoms with Crippen LogP contribution in [0.2, 0.25) is 5.28 Å². The molecule has 0 radical (unpaired) electrons. The van der Waals surface area contributed by atoms with E-state index in [0.29, 0.717) is 22.6 Å². The van der Waals surface area contributed by atoms with E-state index in [4.69, 9.17) is 22.1 Å². The Bertz CT molecular complexity index is 1010. The van der Waals surface area contributed by atoms with Crippen LogP contribution in [0.3, 0.4) is 0 Å². The largest absolute Gasteiger partial charge is 0.444 e. The Morgan fingerprint density at radius 2 is 1.90 bits per heavy atom. The lowest BCUT2D eigenvalue weighted by Crippen LogP contribution is -2.33. The number of rotatable bonds is 3. The second kappa shape index (κ2) is 8.07. The number of alkyl halides is 3. The zero-order valence-corrected chi connectivity index (χ0v) is 18.2. The first-order valence-electron chi connectivity index (χ1n) is 9.50. The average Bonchev–Trinajstić information content (AvgIpc) is 3.03. The third-order valence-corrected chi connectivity index (χ3v) is 4.73. The summed E-state index contributed by atoms with van der Waals surface area (Å²) in [7, 11) is 0. The number of ether oxygens (including phenoxy) is 1. The van der Waals surface area contributed by atoms with Crippen LogP contribution in [0.25, 0.3) is 0 Å². The van der Waals surface area contributed by atoms with Crippen molar-refractivity contribution < 1.29 is 22.7 Å². The monoisotopic (exact) mass is 457 g/mol. The Kier molecular flexibility index (Phi) is 5.96. The number of carbonyl (C=O) groups excluding carboxylic acids is 1. The molecule has 11 heteroatoms. The van der Waals surface area contributed by atoms with Gasteiger partial charge in [0.05, 0.1) is 30.4 Å². The Balaban J connectivity index is 1.85. The molecule has 7 nitrogen and oxygen atoms in total. The highest BCUT2D eigenvalue weighted by atomic mass is 35.5. The molecule has 1 atom stereocenters. The topological polar surface area (TPSA) is 93.4 Å². The predicted octanol–water partition coefficient (Wildman–Crippen LogP) is 5.15. The summed E-state index contributed by atoms with van der Waals surface area (Å²) >= 11 is 6.04. The van der Waals surface area contributed by atoms with Crippen LogP contribution in [0.4, 0.5) is 29.5 Å². The van der Waals surface area contributed by atoms with Gasteiger partial charge in [0, 0.05) is 11.3 Å². The molecule has 0 aliphatic carbocycles. The Labute approximate surface area is 182 Å². The summed E-state index contributed by atoms with van der Waals surface area (Å²) in [5.41, 5.74) is 5.68. The van der Waals surface area contributed by atoms with Crippen LogP contribution < -0.4 is 11.1 Å². The number of anilines is 2. The van der Waals surface area contributed by atoms with Crippen LogP contribution in [-0.4, -0.2) is 26.6 Å². The predicted molar refractivity (Wildman–Crippen MR) is 110 cm³/mol. The van der Waals surface area contributed by atoms with Gasteiger partial charge in [0.15, 0.2) is 0 Å². The van der Waals surface area contributed by atoms with Crippen molar-refractivity contribution in [2.45, 2.75) is 58.6 Å². The number of benzene rings is 1. The zero-order chi connectivity index (χ0) is 23.1. The maximum atomic E-state index is 13.1. The summed E-state index contributed by atoms with van der Waals surface area (Å²) in [6.07, 6.45) is -5.02. The molecule has 1 aliphatic heterocycles. The molecule has 3 rings (SSSR count). The molecular formula is C20H23ClF3N5O2. The molecule has 0 bridgehead atoms. The van der Waals surface area contributed by atoms with Gasteiger partial charge in [-0.3, -0.25) is 4.90 Å². The minimum absolute atomic E-state index is 0.000486. The molecule has 168 valence electrons. The highest BCUT2D eigenvalue weighted by molar-refractivity contribution is 6.28. The first-order chi connectivity index (χ1) is 14.2. The zero-order valence-electron chi connectivity index (χ0n) is 17.5. The fourth-order valence-corrected chi connectivity index (χ4v) is 3.36. The standard InChI is InChI=1S/C20H23ClF3N5O2/c1-10(11-5-12(20(22,23)24)7-13(25)6-11)26-16-14-8-29(18(30)31-19(2,3)4)9-15(14)27-17(21)28-16/h5-7,10H,8-9,25H2,1-4H3,(H,26,27,28)/t10-/m1/s1. The van der Waals surface area contributed by atoms with Gasteiger partial charge >= 0.3 is 12.3 Å². The van der Waals surface area contributed by atoms with E-state index in [1.54, 1.807) is 27.7 Å². The lowest BCUT2D eigenvalue weighted by Gasteiger charge is -2.24. The first-order valence-corrected chi connectivity index (χ1v) is 9.88. The third-order valence-electron chi connectivity index (χ3n) is 4.56. The van der Waals surface area contributed by atoms with E-state index in [2.05, 4.69) is 15.3 Å². The van der Waals surface area contributed by atoms with E-state index in [9.17, 15) is 18.0 Å². The summed E-state index contributed by atoms with van der Waals surface area (Å²) < 4.78 is 44.8. The van der Waals surface area contributed by atoms with Crippen molar-refractivity contribution >= 4 is 29.2 Å². The van der Waals surface area contributed by atoms with Crippen LogP contribution in [0, 0.1) is 0 Å². The van der Waals surface area contributed by atoms with Crippen LogP contribution in [0.15, 0.2) is 18.2 Å². The molecule has 2 heterocycles. The highest BCUT2D eigenvalue weighted by Gasteiger charge is 2.33. The fourth-order valence-electron chi connectivity index (χ4n) is 3.18. The maximum absolute atomic E-state index is 13.1. The number of nitrogens with zero attached hydrogens (tertiary/aromatic N) is 3. The van der Waals surface area contributed by atoms with Gasteiger partial charge in [-0.15, -0.1) is 0 Å². The molecule has 0 saturated carbocycles. The summed E-state index contributed by atoms with van der Waals surface area (Å²) in [5, 5.41) is 3.04. The molecular weight excluding hydrogens is 435 g/mol. The first kappa shape index (κ1) is 22.9. The SMILES string of the molecule is C[C@@H](Nc1nc(Cl)nc2c1CN(C(=O)OC(C)(C)C)C2)c1cc(N)cc(C(F)(F)F)c1. The Hall–Kier alpha value is -2.75. The molecule has 0 fully saturated rings. The number of nitrogens with two attached hydrogens (primary N) is 1. The van der Waals surface area contributed by atoms with Crippen LogP contribution in [0.1, 0.15) is 56.1 Å². The molecule has 0 spiro atoms. The lowest BCUT2D eigenvalue weighted by molar-refractivity contribution is -0.137. The number of nitrogens with one attached hydrogen (secondary N) is 1. The highest BCUT2D eigenvalue weighted by Crippen LogP contribution is 2.35. The van der Waals surface area contributed by atoms with E-state index >= 15 is 0 Å². The van der Waals surface area contributed by atoms with Gasteiger partial charge in [0.1, 0.15) is 11.4 Å². The summed E-state index contributed by atoms with van der Waals surface area (Å²) in [6, 6.07) is 2.80. The molecule has 31 heavy (non-hydrogen) atoms. The molecule has 2 aromatic rings. The van der Waals surface area contributed by atoms with E-state index in [1.807, 2.05) is 0 Å². The van der Waals surface area contributed by atoms with Gasteiger partial charge in [-0.2, -0.15) is 13.2 Å². The second-order valence-corrected chi connectivity index (χ2v) is 8.69. The molecule has 1 amide bonds. The van der Waals surface area contributed by atoms with E-state index in [0.717, 1.165) is 12.1 Å². The summed E-state index contributed by atoms with van der Waals surface area (Å²) in [6.45, 7) is 7.34. The van der Waals surface area contributed by atoms with E-state index in [-0.39, 0.29) is 24.1 Å². The van der Waals surface area contributed by atoms with E-state index < -0.39 is 29.5 Å². The smallest absolute Gasteiger partial charge is 0.416 e. The van der Waals surface area contributed by atoms with Crippen molar-refractivity contribution in [2.75, 3.05) is 11.1 Å². The van der Waals surface area contributed by atoms with E-state index in [1.165, 1.54) is 11.0 Å². The molecule has 0 saturated heterocycles. The molecule has 0 unspecified atom stereocenters. The van der Waals surface area contributed by atoms with Crippen molar-refractivity contribution in [1.29, 1.82) is 0 Å². The number of halogens is 4. The molecule has 1 aliphatic rings. The lowest BCUT2D eigenvalue weighted by atomic mass is 10.0. The van der Waals surface area contributed by atoms with Gasteiger partial charge in [0.25, 0.3) is 0 Å². The fraction of sp³-hybridized carbons (Fsp3) is 0.450. The molecule has 1 aromatic heterocycles. The minimum Gasteiger partial charge on any atom is -0.444 e. The number of fused-ring (bicyclic) bond motifs is 1. The number of aromatic nitrogens is 2. The summed E-state index contributed by atoms with van der Waals surface area (Å²) in [5.74, 6) is 0.338. The van der Waals surface area contributed by atoms with Crippen LogP contribution in [0.5, 0.6) is 0 Å². The van der Waals surface area contributed by atoms with Gasteiger partial charge in [-0.25, -0.2) is 14.8 Å². The van der Waals surface area contributed by atoms with Crippen LogP contribution in [-0.2, 0) is 24.0 Å². The quantitative estimate of drug-likeness (QED) is 0.488. The second-order valence-electron chi connectivity index (χ2n) is 8.36. The summed E-state index contributed by atoms with van der Waals surface area (Å²) in [4.78, 5) is 22.2.